The second kappa shape index (κ2) is 5.54. The van der Waals surface area contributed by atoms with E-state index in [0.29, 0.717) is 21.3 Å². The third-order valence-corrected chi connectivity index (χ3v) is 2.89. The lowest BCUT2D eigenvalue weighted by Crippen LogP contribution is -2.36. The van der Waals surface area contributed by atoms with Gasteiger partial charge in [0.1, 0.15) is 4.99 Å². The number of halogens is 1. The summed E-state index contributed by atoms with van der Waals surface area (Å²) in [5.41, 5.74) is 11.6. The molecule has 0 radical (unpaired) electrons. The van der Waals surface area contributed by atoms with E-state index in [0.717, 1.165) is 0 Å². The molecule has 1 amide bonds. The monoisotopic (exact) mass is 285 g/mol. The number of hydrogen-bond donors (Lipinski definition) is 3. The van der Waals surface area contributed by atoms with Gasteiger partial charge in [0.25, 0.3) is 0 Å². The van der Waals surface area contributed by atoms with E-state index in [2.05, 4.69) is 5.32 Å². The predicted molar refractivity (Wildman–Crippen MR) is 78.9 cm³/mol. The fourth-order valence-corrected chi connectivity index (χ4v) is 1.97. The lowest BCUT2D eigenvalue weighted by molar-refractivity contribution is -0.118. The first kappa shape index (κ1) is 14.7. The molecule has 0 aromatic heterocycles. The summed E-state index contributed by atoms with van der Waals surface area (Å²) in [4.78, 5) is 11.2. The van der Waals surface area contributed by atoms with Crippen LogP contribution in [0.15, 0.2) is 18.2 Å². The lowest BCUT2D eigenvalue weighted by atomic mass is 9.99. The zero-order chi connectivity index (χ0) is 13.9. The van der Waals surface area contributed by atoms with Gasteiger partial charge in [0.2, 0.25) is 5.91 Å². The van der Waals surface area contributed by atoms with Crippen LogP contribution < -0.4 is 16.8 Å². The number of nitrogens with two attached hydrogens (primary N) is 2. The molecule has 98 valence electrons. The molecule has 1 aromatic carbocycles. The van der Waals surface area contributed by atoms with Crippen LogP contribution >= 0.6 is 23.8 Å². The molecule has 0 spiro atoms. The molecule has 0 aliphatic rings. The average Bonchev–Trinajstić information content (AvgIpc) is 2.18. The van der Waals surface area contributed by atoms with Gasteiger partial charge in [-0.05, 0) is 32.0 Å². The van der Waals surface area contributed by atoms with Crippen molar-refractivity contribution < 1.29 is 4.79 Å². The van der Waals surface area contributed by atoms with Crippen LogP contribution in [0.4, 0.5) is 5.69 Å². The highest BCUT2D eigenvalue weighted by molar-refractivity contribution is 7.80. The van der Waals surface area contributed by atoms with Crippen LogP contribution in [0, 0.1) is 0 Å². The van der Waals surface area contributed by atoms with Crippen molar-refractivity contribution in [2.45, 2.75) is 25.8 Å². The van der Waals surface area contributed by atoms with Gasteiger partial charge in [0.05, 0.1) is 10.7 Å². The molecule has 0 bridgehead atoms. The molecule has 5 N–H and O–H groups in total. The third kappa shape index (κ3) is 4.16. The average molecular weight is 286 g/mol. The Labute approximate surface area is 117 Å². The van der Waals surface area contributed by atoms with Crippen LogP contribution in [0.3, 0.4) is 0 Å². The number of hydrogen-bond acceptors (Lipinski definition) is 3. The van der Waals surface area contributed by atoms with Gasteiger partial charge < -0.3 is 16.8 Å². The van der Waals surface area contributed by atoms with E-state index in [1.807, 2.05) is 13.8 Å². The van der Waals surface area contributed by atoms with E-state index < -0.39 is 5.54 Å². The summed E-state index contributed by atoms with van der Waals surface area (Å²) < 4.78 is 0. The first-order valence-corrected chi connectivity index (χ1v) is 6.16. The Morgan fingerprint density at radius 3 is 2.50 bits per heavy atom. The molecule has 0 saturated heterocycles. The van der Waals surface area contributed by atoms with Gasteiger partial charge >= 0.3 is 0 Å². The summed E-state index contributed by atoms with van der Waals surface area (Å²) in [7, 11) is 0. The summed E-state index contributed by atoms with van der Waals surface area (Å²) in [6.07, 6.45) is 0.209. The lowest BCUT2D eigenvalue weighted by Gasteiger charge is -2.26. The molecule has 0 saturated carbocycles. The van der Waals surface area contributed by atoms with Crippen molar-refractivity contribution in [2.75, 3.05) is 5.32 Å². The molecule has 0 aliphatic heterocycles. The summed E-state index contributed by atoms with van der Waals surface area (Å²) in [5, 5.41) is 3.67. The summed E-state index contributed by atoms with van der Waals surface area (Å²) in [6, 6.07) is 5.24. The standard InChI is InChI=1S/C12H16ClN3OS/c1-12(2,6-10(14)17)16-9-4-3-7(11(15)18)5-8(9)13/h3-5,16H,6H2,1-2H3,(H2,14,17)(H2,15,18). The van der Waals surface area contributed by atoms with Crippen molar-refractivity contribution in [2.24, 2.45) is 11.5 Å². The number of benzene rings is 1. The Morgan fingerprint density at radius 2 is 2.06 bits per heavy atom. The Bertz CT molecular complexity index is 488. The summed E-state index contributed by atoms with van der Waals surface area (Å²) in [6.45, 7) is 3.74. The number of anilines is 1. The SMILES string of the molecule is CC(C)(CC(N)=O)Nc1ccc(C(N)=S)cc1Cl. The van der Waals surface area contributed by atoms with Gasteiger partial charge in [-0.2, -0.15) is 0 Å². The van der Waals surface area contributed by atoms with E-state index in [-0.39, 0.29) is 12.3 Å². The first-order chi connectivity index (χ1) is 8.21. The van der Waals surface area contributed by atoms with Gasteiger partial charge in [-0.25, -0.2) is 0 Å². The van der Waals surface area contributed by atoms with Gasteiger partial charge in [0, 0.05) is 17.5 Å². The van der Waals surface area contributed by atoms with Crippen molar-refractivity contribution in [3.63, 3.8) is 0 Å². The smallest absolute Gasteiger partial charge is 0.219 e. The highest BCUT2D eigenvalue weighted by atomic mass is 35.5. The number of amides is 1. The van der Waals surface area contributed by atoms with Crippen LogP contribution in [-0.4, -0.2) is 16.4 Å². The Balaban J connectivity index is 2.92. The summed E-state index contributed by atoms with van der Waals surface area (Å²) in [5.74, 6) is -0.372. The maximum Gasteiger partial charge on any atom is 0.219 e. The zero-order valence-corrected chi connectivity index (χ0v) is 11.9. The number of primary amides is 1. The Hall–Kier alpha value is -1.33. The molecule has 6 heteroatoms. The molecule has 18 heavy (non-hydrogen) atoms. The zero-order valence-electron chi connectivity index (χ0n) is 10.3. The number of carbonyl (C=O) groups excluding carboxylic acids is 1. The van der Waals surface area contributed by atoms with Crippen LogP contribution in [0.25, 0.3) is 0 Å². The van der Waals surface area contributed by atoms with E-state index >= 15 is 0 Å². The highest BCUT2D eigenvalue weighted by Crippen LogP contribution is 2.27. The number of nitrogens with one attached hydrogen (secondary N) is 1. The van der Waals surface area contributed by atoms with Crippen LogP contribution in [-0.2, 0) is 4.79 Å². The molecule has 4 nitrogen and oxygen atoms in total. The first-order valence-electron chi connectivity index (χ1n) is 5.37. The molecule has 1 rings (SSSR count). The molecule has 1 aromatic rings. The Kier molecular flexibility index (Phi) is 4.53. The maximum absolute atomic E-state index is 10.9. The maximum atomic E-state index is 10.9. The van der Waals surface area contributed by atoms with Crippen LogP contribution in [0.5, 0.6) is 0 Å². The van der Waals surface area contributed by atoms with Crippen molar-refractivity contribution in [3.05, 3.63) is 28.8 Å². The van der Waals surface area contributed by atoms with Gasteiger partial charge in [-0.15, -0.1) is 0 Å². The minimum Gasteiger partial charge on any atom is -0.389 e. The van der Waals surface area contributed by atoms with Crippen LogP contribution in [0.2, 0.25) is 5.02 Å². The molecule has 0 aliphatic carbocycles. The minimum absolute atomic E-state index is 0.209. The van der Waals surface area contributed by atoms with E-state index in [1.54, 1.807) is 18.2 Å². The van der Waals surface area contributed by atoms with Crippen molar-refractivity contribution in [1.82, 2.24) is 0 Å². The molecule has 0 atom stereocenters. The number of rotatable bonds is 5. The number of carbonyl (C=O) groups is 1. The molecule has 0 fully saturated rings. The van der Waals surface area contributed by atoms with Crippen molar-refractivity contribution in [1.29, 1.82) is 0 Å². The fraction of sp³-hybridized carbons (Fsp3) is 0.333. The second-order valence-electron chi connectivity index (χ2n) is 4.71. The number of thiocarbonyl (C=S) groups is 1. The third-order valence-electron chi connectivity index (χ3n) is 2.34. The molecular formula is C12H16ClN3OS. The van der Waals surface area contributed by atoms with Gasteiger partial charge in [0.15, 0.2) is 0 Å². The minimum atomic E-state index is -0.472. The largest absolute Gasteiger partial charge is 0.389 e. The van der Waals surface area contributed by atoms with E-state index in [4.69, 9.17) is 35.3 Å². The molecule has 0 unspecified atom stereocenters. The van der Waals surface area contributed by atoms with E-state index in [9.17, 15) is 4.79 Å². The highest BCUT2D eigenvalue weighted by Gasteiger charge is 2.21. The second-order valence-corrected chi connectivity index (χ2v) is 5.56. The normalized spacial score (nSPS) is 11.1. The fourth-order valence-electron chi connectivity index (χ4n) is 1.61. The van der Waals surface area contributed by atoms with Gasteiger partial charge in [-0.3, -0.25) is 4.79 Å². The molecular weight excluding hydrogens is 270 g/mol. The Morgan fingerprint density at radius 1 is 1.44 bits per heavy atom. The topological polar surface area (TPSA) is 81.1 Å². The molecule has 0 heterocycles. The van der Waals surface area contributed by atoms with Crippen LogP contribution in [0.1, 0.15) is 25.8 Å². The van der Waals surface area contributed by atoms with E-state index in [1.165, 1.54) is 0 Å². The summed E-state index contributed by atoms with van der Waals surface area (Å²) >= 11 is 11.0. The van der Waals surface area contributed by atoms with Crippen molar-refractivity contribution in [3.8, 4) is 0 Å². The quantitative estimate of drug-likeness (QED) is 0.723. The van der Waals surface area contributed by atoms with Gasteiger partial charge in [-0.1, -0.05) is 23.8 Å². The predicted octanol–water partition coefficient (Wildman–Crippen LogP) is 2.04. The van der Waals surface area contributed by atoms with Crippen molar-refractivity contribution >= 4 is 40.4 Å².